The lowest BCUT2D eigenvalue weighted by Crippen LogP contribution is -2.11. The third kappa shape index (κ3) is 3.08. The maximum absolute atomic E-state index is 11.4. The van der Waals surface area contributed by atoms with Gasteiger partial charge in [0.25, 0.3) is 0 Å². The minimum atomic E-state index is -0.303. The second-order valence-electron chi connectivity index (χ2n) is 2.90. The highest BCUT2D eigenvalue weighted by Gasteiger charge is 2.17. The van der Waals surface area contributed by atoms with E-state index in [1.807, 2.05) is 27.7 Å². The summed E-state index contributed by atoms with van der Waals surface area (Å²) < 4.78 is 6.46. The Morgan fingerprint density at radius 3 is 2.27 bits per heavy atom. The average molecular weight is 212 g/mol. The highest BCUT2D eigenvalue weighted by atomic mass is 16.5. The van der Waals surface area contributed by atoms with Crippen molar-refractivity contribution in [1.82, 2.24) is 9.78 Å². The number of hydrogen-bond donors (Lipinski definition) is 0. The zero-order valence-electron chi connectivity index (χ0n) is 10.4. The fourth-order valence-corrected chi connectivity index (χ4v) is 1.25. The Kier molecular flexibility index (Phi) is 5.67. The minimum Gasteiger partial charge on any atom is -0.461 e. The van der Waals surface area contributed by atoms with Gasteiger partial charge in [-0.2, -0.15) is 5.10 Å². The van der Waals surface area contributed by atoms with Gasteiger partial charge in [0, 0.05) is 12.6 Å². The molecule has 1 aromatic rings. The number of hydrogen-bond acceptors (Lipinski definition) is 3. The highest BCUT2D eigenvalue weighted by Crippen LogP contribution is 2.12. The van der Waals surface area contributed by atoms with E-state index in [1.165, 1.54) is 0 Å². The Labute approximate surface area is 91.2 Å². The van der Waals surface area contributed by atoms with Crippen molar-refractivity contribution in [2.24, 2.45) is 7.05 Å². The first kappa shape index (κ1) is 13.7. The molecule has 4 nitrogen and oxygen atoms in total. The molecule has 0 saturated heterocycles. The molecular formula is C11H20N2O2. The Morgan fingerprint density at radius 1 is 1.40 bits per heavy atom. The van der Waals surface area contributed by atoms with Crippen LogP contribution in [0.4, 0.5) is 0 Å². The monoisotopic (exact) mass is 212 g/mol. The topological polar surface area (TPSA) is 44.1 Å². The molecule has 0 saturated carbocycles. The van der Waals surface area contributed by atoms with Crippen LogP contribution >= 0.6 is 0 Å². The Hall–Kier alpha value is -1.32. The van der Waals surface area contributed by atoms with E-state index < -0.39 is 0 Å². The first-order chi connectivity index (χ1) is 7.07. The number of aryl methyl sites for hydroxylation is 2. The standard InChI is InChI=1S/C9H14N2O2.C2H6/c1-5-13-9(12)8-6(2)7(3)10-11(8)4;1-2/h5H2,1-4H3;1-2H3. The van der Waals surface area contributed by atoms with Crippen LogP contribution in [0, 0.1) is 13.8 Å². The molecule has 1 heterocycles. The lowest BCUT2D eigenvalue weighted by molar-refractivity contribution is 0.0513. The van der Waals surface area contributed by atoms with Crippen LogP contribution in [0.5, 0.6) is 0 Å². The van der Waals surface area contributed by atoms with Gasteiger partial charge in [-0.05, 0) is 20.8 Å². The largest absolute Gasteiger partial charge is 0.461 e. The molecule has 0 bridgehead atoms. The molecular weight excluding hydrogens is 192 g/mol. The first-order valence-electron chi connectivity index (χ1n) is 5.25. The van der Waals surface area contributed by atoms with Gasteiger partial charge in [-0.1, -0.05) is 13.8 Å². The van der Waals surface area contributed by atoms with Crippen molar-refractivity contribution in [2.45, 2.75) is 34.6 Å². The van der Waals surface area contributed by atoms with Gasteiger partial charge in [0.1, 0.15) is 5.69 Å². The van der Waals surface area contributed by atoms with E-state index in [1.54, 1.807) is 18.7 Å². The van der Waals surface area contributed by atoms with E-state index >= 15 is 0 Å². The third-order valence-corrected chi connectivity index (χ3v) is 1.99. The Bertz CT molecular complexity index is 330. The summed E-state index contributed by atoms with van der Waals surface area (Å²) in [7, 11) is 1.74. The number of ether oxygens (including phenoxy) is 1. The molecule has 15 heavy (non-hydrogen) atoms. The van der Waals surface area contributed by atoms with E-state index in [-0.39, 0.29) is 5.97 Å². The fourth-order valence-electron chi connectivity index (χ4n) is 1.25. The van der Waals surface area contributed by atoms with Crippen LogP contribution in [0.15, 0.2) is 0 Å². The zero-order valence-corrected chi connectivity index (χ0v) is 10.4. The van der Waals surface area contributed by atoms with Gasteiger partial charge >= 0.3 is 5.97 Å². The number of nitrogens with zero attached hydrogens (tertiary/aromatic N) is 2. The lowest BCUT2D eigenvalue weighted by atomic mass is 10.2. The summed E-state index contributed by atoms with van der Waals surface area (Å²) in [5, 5.41) is 4.13. The number of carbonyl (C=O) groups is 1. The van der Waals surface area contributed by atoms with Gasteiger partial charge in [-0.3, -0.25) is 4.68 Å². The third-order valence-electron chi connectivity index (χ3n) is 1.99. The van der Waals surface area contributed by atoms with Crippen LogP contribution in [0.2, 0.25) is 0 Å². The molecule has 0 aliphatic rings. The van der Waals surface area contributed by atoms with E-state index in [0.717, 1.165) is 11.3 Å². The molecule has 0 radical (unpaired) electrons. The van der Waals surface area contributed by atoms with Gasteiger partial charge in [0.2, 0.25) is 0 Å². The first-order valence-corrected chi connectivity index (χ1v) is 5.25. The van der Waals surface area contributed by atoms with Crippen molar-refractivity contribution in [3.05, 3.63) is 17.0 Å². The van der Waals surface area contributed by atoms with E-state index in [0.29, 0.717) is 12.3 Å². The molecule has 0 N–H and O–H groups in total. The molecule has 0 fully saturated rings. The van der Waals surface area contributed by atoms with E-state index in [4.69, 9.17) is 4.74 Å². The summed E-state index contributed by atoms with van der Waals surface area (Å²) in [4.78, 5) is 11.4. The van der Waals surface area contributed by atoms with Crippen molar-refractivity contribution in [1.29, 1.82) is 0 Å². The van der Waals surface area contributed by atoms with Crippen LogP contribution in [0.1, 0.15) is 42.5 Å². The summed E-state index contributed by atoms with van der Waals surface area (Å²) >= 11 is 0. The maximum atomic E-state index is 11.4. The molecule has 0 aliphatic carbocycles. The van der Waals surface area contributed by atoms with Crippen LogP contribution < -0.4 is 0 Å². The lowest BCUT2D eigenvalue weighted by Gasteiger charge is -2.02. The average Bonchev–Trinajstić information content (AvgIpc) is 2.45. The number of esters is 1. The minimum absolute atomic E-state index is 0.303. The van der Waals surface area contributed by atoms with Gasteiger partial charge in [-0.25, -0.2) is 4.79 Å². The zero-order chi connectivity index (χ0) is 12.0. The molecule has 0 unspecified atom stereocenters. The molecule has 0 atom stereocenters. The second-order valence-corrected chi connectivity index (χ2v) is 2.90. The van der Waals surface area contributed by atoms with E-state index in [2.05, 4.69) is 5.10 Å². The molecule has 1 rings (SSSR count). The summed E-state index contributed by atoms with van der Waals surface area (Å²) in [6, 6.07) is 0. The molecule has 1 aromatic heterocycles. The number of aromatic nitrogens is 2. The summed E-state index contributed by atoms with van der Waals surface area (Å²) in [6.45, 7) is 9.92. The van der Waals surface area contributed by atoms with Crippen LogP contribution in [-0.2, 0) is 11.8 Å². The molecule has 0 aromatic carbocycles. The van der Waals surface area contributed by atoms with Crippen LogP contribution in [0.25, 0.3) is 0 Å². The smallest absolute Gasteiger partial charge is 0.356 e. The van der Waals surface area contributed by atoms with Crippen molar-refractivity contribution in [3.63, 3.8) is 0 Å². The Balaban J connectivity index is 0.000000921. The predicted molar refractivity (Wildman–Crippen MR) is 60.0 cm³/mol. The van der Waals surface area contributed by atoms with Crippen molar-refractivity contribution in [2.75, 3.05) is 6.61 Å². The van der Waals surface area contributed by atoms with Gasteiger partial charge in [0.05, 0.1) is 12.3 Å². The van der Waals surface area contributed by atoms with Crippen molar-refractivity contribution in [3.8, 4) is 0 Å². The SMILES string of the molecule is CC.CCOC(=O)c1c(C)c(C)nn1C. The van der Waals surface area contributed by atoms with Crippen LogP contribution in [0.3, 0.4) is 0 Å². The summed E-state index contributed by atoms with van der Waals surface area (Å²) in [5.41, 5.74) is 2.30. The summed E-state index contributed by atoms with van der Waals surface area (Å²) in [6.07, 6.45) is 0. The van der Waals surface area contributed by atoms with Gasteiger partial charge in [-0.15, -0.1) is 0 Å². The number of carbonyl (C=O) groups excluding carboxylic acids is 1. The van der Waals surface area contributed by atoms with Crippen molar-refractivity contribution >= 4 is 5.97 Å². The molecule has 4 heteroatoms. The number of rotatable bonds is 2. The molecule has 0 spiro atoms. The maximum Gasteiger partial charge on any atom is 0.356 e. The van der Waals surface area contributed by atoms with Crippen molar-refractivity contribution < 1.29 is 9.53 Å². The fraction of sp³-hybridized carbons (Fsp3) is 0.636. The molecule has 0 amide bonds. The van der Waals surface area contributed by atoms with Gasteiger partial charge in [0.15, 0.2) is 0 Å². The highest BCUT2D eigenvalue weighted by molar-refractivity contribution is 5.89. The van der Waals surface area contributed by atoms with Gasteiger partial charge < -0.3 is 4.74 Å². The normalized spacial score (nSPS) is 9.20. The molecule has 0 aliphatic heterocycles. The predicted octanol–water partition coefficient (Wildman–Crippen LogP) is 2.24. The van der Waals surface area contributed by atoms with E-state index in [9.17, 15) is 4.79 Å². The summed E-state index contributed by atoms with van der Waals surface area (Å²) in [5.74, 6) is -0.303. The van der Waals surface area contributed by atoms with Crippen LogP contribution in [-0.4, -0.2) is 22.4 Å². The molecule has 86 valence electrons. The Morgan fingerprint density at radius 2 is 1.93 bits per heavy atom. The quantitative estimate of drug-likeness (QED) is 0.706. The second kappa shape index (κ2) is 6.22.